The van der Waals surface area contributed by atoms with Crippen molar-refractivity contribution in [1.29, 1.82) is 0 Å². The molecule has 0 atom stereocenters. The third-order valence-corrected chi connectivity index (χ3v) is 1.64. The number of hydrogen-bond donors (Lipinski definition) is 2. The van der Waals surface area contributed by atoms with E-state index in [0.717, 1.165) is 19.0 Å². The van der Waals surface area contributed by atoms with Crippen LogP contribution in [0.2, 0.25) is 0 Å². The average molecular weight is 196 g/mol. The van der Waals surface area contributed by atoms with E-state index in [4.69, 9.17) is 4.74 Å². The van der Waals surface area contributed by atoms with Gasteiger partial charge in [0.2, 0.25) is 5.95 Å². The van der Waals surface area contributed by atoms with Crippen LogP contribution in [-0.4, -0.2) is 36.8 Å². The minimum absolute atomic E-state index is 0.617. The van der Waals surface area contributed by atoms with Crippen LogP contribution in [0.15, 0.2) is 12.3 Å². The van der Waals surface area contributed by atoms with Gasteiger partial charge < -0.3 is 15.4 Å². The Labute approximate surface area is 83.9 Å². The highest BCUT2D eigenvalue weighted by atomic mass is 16.5. The molecule has 0 radical (unpaired) electrons. The van der Waals surface area contributed by atoms with E-state index in [2.05, 4.69) is 20.6 Å². The highest BCUT2D eigenvalue weighted by Gasteiger charge is 1.95. The van der Waals surface area contributed by atoms with Crippen molar-refractivity contribution < 1.29 is 4.74 Å². The molecular formula is C9H16N4O. The molecule has 0 spiro atoms. The quantitative estimate of drug-likeness (QED) is 0.664. The van der Waals surface area contributed by atoms with Crippen LogP contribution in [0.25, 0.3) is 0 Å². The van der Waals surface area contributed by atoms with Gasteiger partial charge in [-0.15, -0.1) is 0 Å². The van der Waals surface area contributed by atoms with E-state index < -0.39 is 0 Å². The fourth-order valence-electron chi connectivity index (χ4n) is 0.973. The molecule has 14 heavy (non-hydrogen) atoms. The summed E-state index contributed by atoms with van der Waals surface area (Å²) in [4.78, 5) is 8.21. The van der Waals surface area contributed by atoms with E-state index in [-0.39, 0.29) is 0 Å². The summed E-state index contributed by atoms with van der Waals surface area (Å²) < 4.78 is 5.19. The molecule has 2 N–H and O–H groups in total. The van der Waals surface area contributed by atoms with Crippen LogP contribution < -0.4 is 10.6 Å². The first-order valence-corrected chi connectivity index (χ1v) is 4.69. The molecule has 0 amide bonds. The first kappa shape index (κ1) is 10.7. The second-order valence-electron chi connectivity index (χ2n) is 2.64. The Balaban J connectivity index is 2.34. The molecule has 0 aliphatic rings. The molecule has 0 saturated carbocycles. The molecule has 0 aliphatic heterocycles. The lowest BCUT2D eigenvalue weighted by molar-refractivity contribution is 0.158. The van der Waals surface area contributed by atoms with Crippen molar-refractivity contribution in [3.05, 3.63) is 12.3 Å². The second-order valence-corrected chi connectivity index (χ2v) is 2.64. The zero-order chi connectivity index (χ0) is 10.2. The van der Waals surface area contributed by atoms with Crippen LogP contribution >= 0.6 is 0 Å². The van der Waals surface area contributed by atoms with Crippen molar-refractivity contribution in [2.24, 2.45) is 0 Å². The number of ether oxygens (including phenoxy) is 1. The van der Waals surface area contributed by atoms with Gasteiger partial charge in [-0.05, 0) is 13.0 Å². The third-order valence-electron chi connectivity index (χ3n) is 1.64. The van der Waals surface area contributed by atoms with Crippen molar-refractivity contribution in [3.63, 3.8) is 0 Å². The molecule has 0 aliphatic carbocycles. The summed E-state index contributed by atoms with van der Waals surface area (Å²) in [7, 11) is 1.79. The molecular weight excluding hydrogens is 180 g/mol. The molecule has 1 heterocycles. The summed E-state index contributed by atoms with van der Waals surface area (Å²) in [5, 5.41) is 6.01. The van der Waals surface area contributed by atoms with E-state index >= 15 is 0 Å². The predicted molar refractivity (Wildman–Crippen MR) is 56.6 cm³/mol. The Morgan fingerprint density at radius 1 is 1.50 bits per heavy atom. The molecule has 0 unspecified atom stereocenters. The minimum Gasteiger partial charge on any atom is -0.380 e. The van der Waals surface area contributed by atoms with Gasteiger partial charge in [0, 0.05) is 26.4 Å². The molecule has 1 aromatic heterocycles. The monoisotopic (exact) mass is 196 g/mol. The lowest BCUT2D eigenvalue weighted by Gasteiger charge is -2.06. The number of nitrogens with one attached hydrogen (secondary N) is 2. The van der Waals surface area contributed by atoms with Crippen LogP contribution in [0.4, 0.5) is 11.8 Å². The number of anilines is 2. The number of hydrogen-bond acceptors (Lipinski definition) is 5. The molecule has 5 heteroatoms. The van der Waals surface area contributed by atoms with Crippen molar-refractivity contribution >= 4 is 11.8 Å². The van der Waals surface area contributed by atoms with Crippen LogP contribution in [0.1, 0.15) is 6.92 Å². The number of nitrogens with zero attached hydrogens (tertiary/aromatic N) is 2. The normalized spacial score (nSPS) is 9.86. The van der Waals surface area contributed by atoms with Gasteiger partial charge in [0.15, 0.2) is 0 Å². The zero-order valence-corrected chi connectivity index (χ0v) is 8.58. The highest BCUT2D eigenvalue weighted by Crippen LogP contribution is 2.03. The molecule has 78 valence electrons. The second kappa shape index (κ2) is 6.15. The van der Waals surface area contributed by atoms with Crippen molar-refractivity contribution in [1.82, 2.24) is 9.97 Å². The largest absolute Gasteiger partial charge is 0.380 e. The van der Waals surface area contributed by atoms with Gasteiger partial charge in [-0.25, -0.2) is 4.98 Å². The van der Waals surface area contributed by atoms with E-state index in [1.165, 1.54) is 0 Å². The van der Waals surface area contributed by atoms with E-state index in [9.17, 15) is 0 Å². The molecule has 0 aromatic carbocycles. The standard InChI is InChI=1S/C9H16N4O/c1-3-14-7-6-11-8-4-5-12-9(10-2)13-8/h4-5H,3,6-7H2,1-2H3,(H2,10,11,12,13). The van der Waals surface area contributed by atoms with Gasteiger partial charge >= 0.3 is 0 Å². The van der Waals surface area contributed by atoms with Gasteiger partial charge in [0.1, 0.15) is 5.82 Å². The van der Waals surface area contributed by atoms with E-state index in [1.54, 1.807) is 13.2 Å². The third kappa shape index (κ3) is 3.57. The van der Waals surface area contributed by atoms with Crippen molar-refractivity contribution in [3.8, 4) is 0 Å². The molecule has 1 rings (SSSR count). The summed E-state index contributed by atoms with van der Waals surface area (Å²) in [6.45, 7) is 4.17. The smallest absolute Gasteiger partial charge is 0.224 e. The topological polar surface area (TPSA) is 59.1 Å². The maximum Gasteiger partial charge on any atom is 0.224 e. The first-order valence-electron chi connectivity index (χ1n) is 4.69. The highest BCUT2D eigenvalue weighted by molar-refractivity contribution is 5.38. The lowest BCUT2D eigenvalue weighted by atomic mass is 10.5. The van der Waals surface area contributed by atoms with Gasteiger partial charge in [-0.3, -0.25) is 0 Å². The molecule has 5 nitrogen and oxygen atoms in total. The molecule has 1 aromatic rings. The molecule has 0 bridgehead atoms. The van der Waals surface area contributed by atoms with E-state index in [1.807, 2.05) is 13.0 Å². The van der Waals surface area contributed by atoms with Gasteiger partial charge in [0.05, 0.1) is 6.61 Å². The molecule has 0 fully saturated rings. The Hall–Kier alpha value is -1.36. The molecule has 0 saturated heterocycles. The van der Waals surface area contributed by atoms with Gasteiger partial charge in [-0.1, -0.05) is 0 Å². The van der Waals surface area contributed by atoms with Gasteiger partial charge in [0.25, 0.3) is 0 Å². The average Bonchev–Trinajstić information content (AvgIpc) is 2.25. The SMILES string of the molecule is CCOCCNc1ccnc(NC)n1. The van der Waals surface area contributed by atoms with Gasteiger partial charge in [-0.2, -0.15) is 4.98 Å². The number of rotatable bonds is 6. The Kier molecular flexibility index (Phi) is 4.71. The predicted octanol–water partition coefficient (Wildman–Crippen LogP) is 0.967. The van der Waals surface area contributed by atoms with Crippen LogP contribution in [0.3, 0.4) is 0 Å². The van der Waals surface area contributed by atoms with Crippen molar-refractivity contribution in [2.75, 3.05) is 37.4 Å². The fourth-order valence-corrected chi connectivity index (χ4v) is 0.973. The lowest BCUT2D eigenvalue weighted by Crippen LogP contribution is -2.10. The van der Waals surface area contributed by atoms with Crippen LogP contribution in [0.5, 0.6) is 0 Å². The minimum atomic E-state index is 0.617. The maximum atomic E-state index is 5.19. The first-order chi connectivity index (χ1) is 6.86. The fraction of sp³-hybridized carbons (Fsp3) is 0.556. The van der Waals surface area contributed by atoms with Crippen LogP contribution in [0, 0.1) is 0 Å². The summed E-state index contributed by atoms with van der Waals surface area (Å²) in [6.07, 6.45) is 1.71. The summed E-state index contributed by atoms with van der Waals surface area (Å²) >= 11 is 0. The Bertz CT molecular complexity index is 267. The summed E-state index contributed by atoms with van der Waals surface area (Å²) in [6, 6.07) is 1.83. The number of aromatic nitrogens is 2. The van der Waals surface area contributed by atoms with Crippen LogP contribution in [-0.2, 0) is 4.74 Å². The summed E-state index contributed by atoms with van der Waals surface area (Å²) in [5.41, 5.74) is 0. The zero-order valence-electron chi connectivity index (χ0n) is 8.58. The van der Waals surface area contributed by atoms with Crippen molar-refractivity contribution in [2.45, 2.75) is 6.92 Å². The van der Waals surface area contributed by atoms with E-state index in [0.29, 0.717) is 12.6 Å². The maximum absolute atomic E-state index is 5.19. The summed E-state index contributed by atoms with van der Waals surface area (Å²) in [5.74, 6) is 1.43. The Morgan fingerprint density at radius 2 is 2.36 bits per heavy atom. The Morgan fingerprint density at radius 3 is 3.07 bits per heavy atom.